The molecule has 2 aliphatic rings. The van der Waals surface area contributed by atoms with E-state index in [1.165, 1.54) is 48.5 Å². The highest BCUT2D eigenvalue weighted by atomic mass is 32.1. The number of nitrogens with one attached hydrogen (secondary N) is 1. The molecule has 4 aromatic rings. The van der Waals surface area contributed by atoms with Gasteiger partial charge in [0.1, 0.15) is 11.3 Å². The zero-order valence-corrected chi connectivity index (χ0v) is 34.9. The fourth-order valence-electron chi connectivity index (χ4n) is 6.87. The Kier molecular flexibility index (Phi) is 12.6. The second-order valence-corrected chi connectivity index (χ2v) is 16.6. The lowest BCUT2D eigenvalue weighted by molar-refractivity contribution is -0.138. The number of amides is 4. The van der Waals surface area contributed by atoms with Crippen LogP contribution in [0.1, 0.15) is 77.1 Å². The molecule has 0 saturated carbocycles. The second-order valence-electron chi connectivity index (χ2n) is 15.5. The van der Waals surface area contributed by atoms with Crippen LogP contribution in [0.15, 0.2) is 42.6 Å². The van der Waals surface area contributed by atoms with E-state index in [1.807, 2.05) is 9.47 Å². The Hall–Kier alpha value is -5.57. The summed E-state index contributed by atoms with van der Waals surface area (Å²) < 4.78 is 49.7. The lowest BCUT2D eigenvalue weighted by Gasteiger charge is -2.34. The number of piperazine rings is 1. The minimum atomic E-state index is -4.59. The summed E-state index contributed by atoms with van der Waals surface area (Å²) in [6.07, 6.45) is -3.54. The van der Waals surface area contributed by atoms with Gasteiger partial charge in [0.2, 0.25) is 17.8 Å². The van der Waals surface area contributed by atoms with Gasteiger partial charge in [-0.05, 0) is 63.2 Å². The summed E-state index contributed by atoms with van der Waals surface area (Å²) >= 11 is 1.25. The number of anilines is 2. The molecule has 1 saturated heterocycles. The maximum atomic E-state index is 14.2. The van der Waals surface area contributed by atoms with Gasteiger partial charge in [-0.1, -0.05) is 24.8 Å². The third kappa shape index (κ3) is 10.2. The Morgan fingerprint density at radius 3 is 2.37 bits per heavy atom. The summed E-state index contributed by atoms with van der Waals surface area (Å²) in [5.74, 6) is 5.02. The fourth-order valence-corrected chi connectivity index (χ4v) is 7.73. The smallest absolute Gasteiger partial charge is 0.417 e. The third-order valence-electron chi connectivity index (χ3n) is 10.1. The number of ether oxygens (including phenoxy) is 1. The lowest BCUT2D eigenvalue weighted by atomic mass is 10.0. The van der Waals surface area contributed by atoms with Gasteiger partial charge in [-0.3, -0.25) is 24.2 Å². The molecule has 0 spiro atoms. The molecule has 17 heteroatoms. The number of benzene rings is 1. The van der Waals surface area contributed by atoms with Crippen LogP contribution in [0.2, 0.25) is 0 Å². The molecule has 1 aromatic carbocycles. The number of alkyl halides is 3. The quantitative estimate of drug-likeness (QED) is 0.206. The van der Waals surface area contributed by atoms with E-state index in [1.54, 1.807) is 46.0 Å². The Morgan fingerprint density at radius 1 is 1.00 bits per heavy atom. The average Bonchev–Trinajstić information content (AvgIpc) is 3.76. The van der Waals surface area contributed by atoms with Gasteiger partial charge in [0.25, 0.3) is 5.91 Å². The highest BCUT2D eigenvalue weighted by Crippen LogP contribution is 2.35. The summed E-state index contributed by atoms with van der Waals surface area (Å²) in [7, 11) is 3.32. The first-order chi connectivity index (χ1) is 27.8. The number of likely N-dealkylation sites (N-methyl/N-ethyl adjacent to an activating group) is 1. The van der Waals surface area contributed by atoms with E-state index in [-0.39, 0.29) is 42.6 Å². The van der Waals surface area contributed by atoms with Crippen molar-refractivity contribution < 1.29 is 37.1 Å². The van der Waals surface area contributed by atoms with E-state index in [0.717, 1.165) is 30.6 Å². The van der Waals surface area contributed by atoms with Crippen LogP contribution in [-0.2, 0) is 46.9 Å². The zero-order chi connectivity index (χ0) is 42.8. The van der Waals surface area contributed by atoms with E-state index >= 15 is 0 Å². The van der Waals surface area contributed by atoms with Crippen molar-refractivity contribution >= 4 is 46.8 Å². The molecule has 59 heavy (non-hydrogen) atoms. The molecule has 3 aromatic heterocycles. The van der Waals surface area contributed by atoms with Crippen molar-refractivity contribution in [2.75, 3.05) is 56.5 Å². The van der Waals surface area contributed by atoms with E-state index in [2.05, 4.69) is 38.9 Å². The first kappa shape index (κ1) is 43.0. The van der Waals surface area contributed by atoms with Crippen LogP contribution in [0.3, 0.4) is 0 Å². The van der Waals surface area contributed by atoms with Gasteiger partial charge in [0.15, 0.2) is 0 Å². The van der Waals surface area contributed by atoms with Crippen LogP contribution in [0.25, 0.3) is 11.4 Å². The normalized spacial score (nSPS) is 15.0. The largest absolute Gasteiger partial charge is 0.443 e. The summed E-state index contributed by atoms with van der Waals surface area (Å²) in [6.45, 7) is 12.8. The standard InChI is InChI=1S/C42H47F3N8O5S/c1-8-51-17-19-52(20-18-51)25-28-9-11-29(21-33(28)42(43,44)45)47-36(55)22-31-14-13-30(59-31)12-10-27-24-46-39(49(6)26(2)54)48-37(27)35-23-32-34(50(35)7)15-16-53(38(32)56)40(57)58-41(3,4)5/h9,11,13-14,21,23-24H,8,15-20,22,25H2,1-7H3,(H,47,55). The average molecular weight is 833 g/mol. The van der Waals surface area contributed by atoms with Crippen LogP contribution in [0.4, 0.5) is 29.6 Å². The van der Waals surface area contributed by atoms with Crippen molar-refractivity contribution in [2.45, 2.75) is 65.8 Å². The van der Waals surface area contributed by atoms with Gasteiger partial charge < -0.3 is 19.5 Å². The Labute approximate surface area is 345 Å². The van der Waals surface area contributed by atoms with Gasteiger partial charge in [-0.15, -0.1) is 11.3 Å². The van der Waals surface area contributed by atoms with E-state index in [0.29, 0.717) is 57.5 Å². The number of carbonyl (C=O) groups excluding carboxylic acids is 4. The van der Waals surface area contributed by atoms with Crippen LogP contribution >= 0.6 is 11.3 Å². The van der Waals surface area contributed by atoms with Crippen LogP contribution < -0.4 is 10.2 Å². The molecule has 13 nitrogen and oxygen atoms in total. The number of rotatable bonds is 8. The maximum Gasteiger partial charge on any atom is 0.417 e. The molecule has 312 valence electrons. The fraction of sp³-hybridized carbons (Fsp3) is 0.429. The highest BCUT2D eigenvalue weighted by Gasteiger charge is 2.36. The number of halogens is 3. The molecule has 0 aliphatic carbocycles. The molecule has 2 aliphatic heterocycles. The van der Waals surface area contributed by atoms with Crippen molar-refractivity contribution in [3.63, 3.8) is 0 Å². The van der Waals surface area contributed by atoms with E-state index < -0.39 is 35.2 Å². The summed E-state index contributed by atoms with van der Waals surface area (Å²) in [5, 5.41) is 2.62. The van der Waals surface area contributed by atoms with Crippen LogP contribution in [0, 0.1) is 11.8 Å². The Bertz CT molecular complexity index is 2330. The number of thiophene rings is 1. The molecule has 1 fully saturated rings. The van der Waals surface area contributed by atoms with Gasteiger partial charge in [-0.2, -0.15) is 13.2 Å². The first-order valence-corrected chi connectivity index (χ1v) is 20.0. The first-order valence-electron chi connectivity index (χ1n) is 19.2. The molecule has 0 unspecified atom stereocenters. The number of aromatic nitrogens is 3. The monoisotopic (exact) mass is 832 g/mol. The molecule has 0 bridgehead atoms. The minimum Gasteiger partial charge on any atom is -0.443 e. The third-order valence-corrected chi connectivity index (χ3v) is 11.1. The number of carbonyl (C=O) groups is 4. The van der Waals surface area contributed by atoms with Gasteiger partial charge in [-0.25, -0.2) is 19.7 Å². The summed E-state index contributed by atoms with van der Waals surface area (Å²) in [6, 6.07) is 9.04. The zero-order valence-electron chi connectivity index (χ0n) is 34.1. The predicted octanol–water partition coefficient (Wildman–Crippen LogP) is 6.20. The summed E-state index contributed by atoms with van der Waals surface area (Å²) in [5.41, 5.74) is 0.930. The molecular weight excluding hydrogens is 786 g/mol. The van der Waals surface area contributed by atoms with Crippen molar-refractivity contribution in [3.8, 4) is 23.2 Å². The number of nitrogens with zero attached hydrogens (tertiary/aromatic N) is 7. The highest BCUT2D eigenvalue weighted by molar-refractivity contribution is 7.12. The van der Waals surface area contributed by atoms with Crippen molar-refractivity contribution in [3.05, 3.63) is 80.3 Å². The number of fused-ring (bicyclic) bond motifs is 1. The van der Waals surface area contributed by atoms with Crippen LogP contribution in [0.5, 0.6) is 0 Å². The maximum absolute atomic E-state index is 14.2. The Morgan fingerprint density at radius 2 is 1.71 bits per heavy atom. The number of imide groups is 1. The Balaban J connectivity index is 1.20. The molecule has 1 N–H and O–H groups in total. The van der Waals surface area contributed by atoms with Crippen molar-refractivity contribution in [1.82, 2.24) is 29.2 Å². The SMILES string of the molecule is CCN1CCN(Cc2ccc(NC(=O)Cc3ccc(C#Cc4cnc(N(C)C(C)=O)nc4-c4cc5c(n4C)CCN(C(=O)OC(C)(C)C)C5=O)s3)cc2C(F)(F)F)CC1. The molecule has 4 amide bonds. The van der Waals surface area contributed by atoms with Crippen molar-refractivity contribution in [1.29, 1.82) is 0 Å². The van der Waals surface area contributed by atoms with Gasteiger partial charge in [0, 0.05) is 89.2 Å². The predicted molar refractivity (Wildman–Crippen MR) is 218 cm³/mol. The molecule has 0 atom stereocenters. The number of hydrogen-bond acceptors (Lipinski definition) is 10. The molecular formula is C42H47F3N8O5S. The van der Waals surface area contributed by atoms with Crippen molar-refractivity contribution in [2.24, 2.45) is 7.05 Å². The lowest BCUT2D eigenvalue weighted by Crippen LogP contribution is -2.45. The van der Waals surface area contributed by atoms with Gasteiger partial charge >= 0.3 is 12.3 Å². The second kappa shape index (κ2) is 17.3. The molecule has 6 rings (SSSR count). The molecule has 0 radical (unpaired) electrons. The van der Waals surface area contributed by atoms with Crippen LogP contribution in [-0.4, -0.2) is 105 Å². The number of hydrogen-bond donors (Lipinski definition) is 1. The summed E-state index contributed by atoms with van der Waals surface area (Å²) in [4.78, 5) is 68.6. The molecule has 5 heterocycles. The van der Waals surface area contributed by atoms with Gasteiger partial charge in [0.05, 0.1) is 33.7 Å². The minimum absolute atomic E-state index is 0.0615. The van der Waals surface area contributed by atoms with E-state index in [4.69, 9.17) is 4.74 Å². The topological polar surface area (TPSA) is 133 Å². The van der Waals surface area contributed by atoms with E-state index in [9.17, 15) is 32.3 Å².